The van der Waals surface area contributed by atoms with Crippen LogP contribution in [0.5, 0.6) is 0 Å². The predicted octanol–water partition coefficient (Wildman–Crippen LogP) is 3.64. The molecule has 2 N–H and O–H groups in total. The third-order valence-corrected chi connectivity index (χ3v) is 11.9. The van der Waals surface area contributed by atoms with Gasteiger partial charge in [0, 0.05) is 45.4 Å². The third-order valence-electron chi connectivity index (χ3n) is 5.89. The molecule has 0 spiro atoms. The Labute approximate surface area is 268 Å². The topological polar surface area (TPSA) is 244 Å². The Kier molecular flexibility index (Phi) is 14.4. The van der Waals surface area contributed by atoms with Gasteiger partial charge in [-0.2, -0.15) is 4.86 Å². The number of azide groups is 1. The quantitative estimate of drug-likeness (QED) is 0.0867. The Balaban J connectivity index is 2.11. The largest absolute Gasteiger partial charge is 0.766 e. The minimum absolute atomic E-state index is 0.0410. The maximum Gasteiger partial charge on any atom is 0.412 e. The summed E-state index contributed by atoms with van der Waals surface area (Å²) >= 11 is 1.83. The summed E-state index contributed by atoms with van der Waals surface area (Å²) in [5.41, 5.74) is 6.54. The number of ether oxygens (including phenoxy) is 1. The highest BCUT2D eigenvalue weighted by Gasteiger charge is 2.38. The van der Waals surface area contributed by atoms with Crippen molar-refractivity contribution in [1.82, 2.24) is 14.4 Å². The number of carbonyl (C=O) groups is 2. The van der Waals surface area contributed by atoms with Crippen molar-refractivity contribution >= 4 is 49.2 Å². The summed E-state index contributed by atoms with van der Waals surface area (Å²) in [5, 5.41) is 3.28. The number of aromatic amines is 1. The van der Waals surface area contributed by atoms with E-state index >= 15 is 0 Å². The van der Waals surface area contributed by atoms with Crippen LogP contribution in [0.1, 0.15) is 59.8 Å². The van der Waals surface area contributed by atoms with E-state index in [1.165, 1.54) is 13.1 Å². The highest BCUT2D eigenvalue weighted by atomic mass is 32.2. The fraction of sp³-hybridized carbons (Fsp3) is 0.750. The van der Waals surface area contributed by atoms with Crippen LogP contribution in [0.3, 0.4) is 0 Å². The monoisotopic (exact) mass is 713 g/mol. The van der Waals surface area contributed by atoms with E-state index in [-0.39, 0.29) is 46.9 Å². The Hall–Kier alpha value is -1.75. The molecule has 21 heteroatoms. The number of nitrogens with zero attached hydrogens (tertiary/aromatic N) is 4. The molecule has 17 nitrogen and oxygen atoms in total. The Morgan fingerprint density at radius 3 is 2.13 bits per heavy atom. The second kappa shape index (κ2) is 16.4. The van der Waals surface area contributed by atoms with Crippen LogP contribution in [-0.2, 0) is 37.0 Å². The van der Waals surface area contributed by atoms with E-state index in [9.17, 15) is 33.2 Å². The molecule has 0 amide bonds. The van der Waals surface area contributed by atoms with Crippen LogP contribution in [0.2, 0.25) is 0 Å². The first-order chi connectivity index (χ1) is 20.7. The molecule has 2 heterocycles. The SMILES string of the molecule is Cc1cn([C@H]2C[C@@H](N=[N+]=[N-])[C@@H](COP(=O)([O-])NP(=O)(OCCSC(=O)C(C)(C)C)OCCSC(=O)C(C)(C)C)O2)c(=O)[nH]c1=O. The average molecular weight is 714 g/mol. The summed E-state index contributed by atoms with van der Waals surface area (Å²) in [4.78, 5) is 67.9. The van der Waals surface area contributed by atoms with Crippen LogP contribution in [0.25, 0.3) is 10.4 Å². The Morgan fingerprint density at radius 2 is 1.64 bits per heavy atom. The molecule has 1 aliphatic rings. The molecule has 1 saturated heterocycles. The maximum atomic E-state index is 13.4. The van der Waals surface area contributed by atoms with E-state index < -0.39 is 62.6 Å². The first kappa shape index (κ1) is 39.4. The van der Waals surface area contributed by atoms with Gasteiger partial charge in [0.25, 0.3) is 5.56 Å². The van der Waals surface area contributed by atoms with E-state index in [1.807, 2.05) is 0 Å². The number of carbonyl (C=O) groups excluding carboxylic acids is 2. The summed E-state index contributed by atoms with van der Waals surface area (Å²) in [5.74, 6) is 0.0856. The maximum absolute atomic E-state index is 13.4. The van der Waals surface area contributed by atoms with Gasteiger partial charge >= 0.3 is 13.4 Å². The van der Waals surface area contributed by atoms with Gasteiger partial charge in [-0.25, -0.2) is 9.36 Å². The summed E-state index contributed by atoms with van der Waals surface area (Å²) in [6.45, 7) is 10.5. The molecular weight excluding hydrogens is 674 g/mol. The van der Waals surface area contributed by atoms with Crippen molar-refractivity contribution in [2.24, 2.45) is 15.9 Å². The lowest BCUT2D eigenvalue weighted by Crippen LogP contribution is -2.33. The highest BCUT2D eigenvalue weighted by molar-refractivity contribution is 8.14. The molecule has 1 unspecified atom stereocenters. The molecule has 1 aromatic heterocycles. The zero-order valence-electron chi connectivity index (χ0n) is 26.0. The van der Waals surface area contributed by atoms with E-state index in [2.05, 4.69) is 15.0 Å². The number of hydrogen-bond acceptors (Lipinski definition) is 14. The van der Waals surface area contributed by atoms with Crippen LogP contribution in [0, 0.1) is 17.8 Å². The third kappa shape index (κ3) is 12.8. The van der Waals surface area contributed by atoms with Gasteiger partial charge < -0.3 is 14.2 Å². The van der Waals surface area contributed by atoms with Crippen LogP contribution in [0.15, 0.2) is 20.9 Å². The lowest BCUT2D eigenvalue weighted by Gasteiger charge is -2.30. The van der Waals surface area contributed by atoms with Crippen molar-refractivity contribution in [2.75, 3.05) is 31.3 Å². The van der Waals surface area contributed by atoms with Gasteiger partial charge in [0.1, 0.15) is 6.23 Å². The summed E-state index contributed by atoms with van der Waals surface area (Å²) in [6, 6.07) is -0.965. The van der Waals surface area contributed by atoms with Gasteiger partial charge in [-0.15, -0.1) is 0 Å². The van der Waals surface area contributed by atoms with Gasteiger partial charge in [0.2, 0.25) is 7.75 Å². The second-order valence-electron chi connectivity index (χ2n) is 11.9. The Bertz CT molecular complexity index is 1450. The van der Waals surface area contributed by atoms with Crippen LogP contribution >= 0.6 is 39.0 Å². The van der Waals surface area contributed by atoms with Gasteiger partial charge in [-0.1, -0.05) is 70.2 Å². The fourth-order valence-corrected chi connectivity index (χ4v) is 8.28. The molecule has 0 aliphatic carbocycles. The molecule has 45 heavy (non-hydrogen) atoms. The van der Waals surface area contributed by atoms with E-state index in [1.54, 1.807) is 46.4 Å². The standard InChI is InChI=1S/C24H40N6O11P2S2/c1-15-13-30(22(34)26-19(15)31)18-12-16(27-28-25)17(41-18)14-40-42(35,36)29-43(37,38-8-10-44-20(32)23(2,3)4)39-9-11-45-21(33)24(5,6)7/h13,16-18H,8-12,14H2,1-7H3,(H,26,31,34)(H2,29,35,36,37)/p-1/t16-,17-,18-/m1/s1. The van der Waals surface area contributed by atoms with E-state index in [4.69, 9.17) is 23.8 Å². The van der Waals surface area contributed by atoms with Crippen molar-refractivity contribution in [3.8, 4) is 0 Å². The molecule has 2 rings (SSSR count). The number of thioether (sulfide) groups is 2. The minimum atomic E-state index is -5.21. The lowest BCUT2D eigenvalue weighted by molar-refractivity contribution is -0.203. The van der Waals surface area contributed by atoms with Gasteiger partial charge in [-0.3, -0.25) is 37.5 Å². The smallest absolute Gasteiger partial charge is 0.412 e. The van der Waals surface area contributed by atoms with Crippen molar-refractivity contribution in [1.29, 1.82) is 0 Å². The number of rotatable bonds is 15. The molecule has 1 aliphatic heterocycles. The molecule has 0 radical (unpaired) electrons. The van der Waals surface area contributed by atoms with Gasteiger partial charge in [0.15, 0.2) is 10.2 Å². The van der Waals surface area contributed by atoms with Crippen molar-refractivity contribution in [3.05, 3.63) is 43.0 Å². The minimum Gasteiger partial charge on any atom is -0.766 e. The summed E-state index contributed by atoms with van der Waals surface area (Å²) < 4.78 is 48.7. The Morgan fingerprint density at radius 1 is 1.11 bits per heavy atom. The number of hydrogen-bond donors (Lipinski definition) is 2. The molecule has 254 valence electrons. The zero-order chi connectivity index (χ0) is 34.2. The normalized spacial score (nSPS) is 20.4. The molecule has 4 atom stereocenters. The molecular formula is C24H39N6O11P2S2-. The number of aryl methyl sites for hydroxylation is 1. The second-order valence-corrected chi connectivity index (χ2v) is 17.6. The van der Waals surface area contributed by atoms with E-state index in [0.717, 1.165) is 28.1 Å². The molecule has 1 aromatic rings. The van der Waals surface area contributed by atoms with Crippen LogP contribution in [-0.4, -0.2) is 63.3 Å². The summed E-state index contributed by atoms with van der Waals surface area (Å²) in [7, 11) is -9.82. The first-order valence-corrected chi connectivity index (χ1v) is 18.7. The summed E-state index contributed by atoms with van der Waals surface area (Å²) in [6.07, 6.45) is -0.959. The van der Waals surface area contributed by atoms with Crippen LogP contribution < -0.4 is 21.0 Å². The molecule has 0 aromatic carbocycles. The van der Waals surface area contributed by atoms with Gasteiger partial charge in [0.05, 0.1) is 32.0 Å². The lowest BCUT2D eigenvalue weighted by atomic mass is 9.99. The van der Waals surface area contributed by atoms with Crippen molar-refractivity contribution < 1.29 is 41.9 Å². The van der Waals surface area contributed by atoms with Crippen molar-refractivity contribution in [3.63, 3.8) is 0 Å². The van der Waals surface area contributed by atoms with Crippen molar-refractivity contribution in [2.45, 2.75) is 73.3 Å². The predicted molar refractivity (Wildman–Crippen MR) is 168 cm³/mol. The number of aromatic nitrogens is 2. The highest BCUT2D eigenvalue weighted by Crippen LogP contribution is 2.53. The van der Waals surface area contributed by atoms with E-state index in [0.29, 0.717) is 0 Å². The number of H-pyrrole nitrogens is 1. The molecule has 1 fully saturated rings. The number of nitrogens with one attached hydrogen (secondary N) is 2. The van der Waals surface area contributed by atoms with Crippen LogP contribution in [0.4, 0.5) is 0 Å². The average Bonchev–Trinajstić information content (AvgIpc) is 3.31. The fourth-order valence-electron chi connectivity index (χ4n) is 3.49. The molecule has 0 bridgehead atoms. The van der Waals surface area contributed by atoms with Gasteiger partial charge in [-0.05, 0) is 12.5 Å². The molecule has 0 saturated carbocycles. The first-order valence-electron chi connectivity index (χ1n) is 13.7. The zero-order valence-corrected chi connectivity index (χ0v) is 29.5.